The first kappa shape index (κ1) is 21.5. The number of hydrogen-bond acceptors (Lipinski definition) is 7. The molecule has 2 bridgehead atoms. The number of hydrogen-bond donors (Lipinski definition) is 3. The van der Waals surface area contributed by atoms with Crippen LogP contribution in [0.1, 0.15) is 47.2 Å². The van der Waals surface area contributed by atoms with Crippen LogP contribution >= 0.6 is 0 Å². The lowest BCUT2D eigenvalue weighted by atomic mass is 9.75. The molecule has 5 rings (SSSR count). The molecule has 3 fully saturated rings. The highest BCUT2D eigenvalue weighted by Gasteiger charge is 2.45. The normalized spacial score (nSPS) is 33.7. The summed E-state index contributed by atoms with van der Waals surface area (Å²) >= 11 is 0. The number of amides is 3. The van der Waals surface area contributed by atoms with Crippen molar-refractivity contribution >= 4 is 27.6 Å². The number of piperidine rings is 1. The molecule has 172 valence electrons. The molecule has 3 heterocycles. The van der Waals surface area contributed by atoms with Gasteiger partial charge in [0, 0.05) is 37.2 Å². The molecule has 32 heavy (non-hydrogen) atoms. The Labute approximate surface area is 187 Å². The molecule has 1 aliphatic carbocycles. The van der Waals surface area contributed by atoms with E-state index in [1.54, 1.807) is 4.90 Å². The Balaban J connectivity index is 1.27. The molecule has 3 atom stereocenters. The van der Waals surface area contributed by atoms with Crippen LogP contribution < -0.4 is 16.4 Å². The van der Waals surface area contributed by atoms with Crippen molar-refractivity contribution in [3.05, 3.63) is 34.9 Å². The molecule has 0 aromatic heterocycles. The largest absolute Gasteiger partial charge is 0.328 e. The Morgan fingerprint density at radius 3 is 2.53 bits per heavy atom. The summed E-state index contributed by atoms with van der Waals surface area (Å²) in [6.07, 6.45) is 1.98. The van der Waals surface area contributed by atoms with Gasteiger partial charge in [0.05, 0.1) is 11.5 Å². The second-order valence-electron chi connectivity index (χ2n) is 9.63. The molecule has 2 saturated heterocycles. The predicted molar refractivity (Wildman–Crippen MR) is 116 cm³/mol. The molecule has 1 saturated carbocycles. The quantitative estimate of drug-likeness (QED) is 0.524. The van der Waals surface area contributed by atoms with Gasteiger partial charge < -0.3 is 16.0 Å². The standard InChI is InChI=1S/C22H28N4O5S/c23-16-6-14-10-32(30,31)11-15(7-16)20(14)24-8-12-1-2-13-9-26(22(29)17(13)5-12)18-3-4-19(27)25-21(18)28/h1-2,5,14-16,18,20,24H,3-4,6-11,23H2,(H,25,27,28). The number of carbonyl (C=O) groups excluding carboxylic acids is 3. The van der Waals surface area contributed by atoms with Gasteiger partial charge >= 0.3 is 0 Å². The molecule has 1 aromatic carbocycles. The Morgan fingerprint density at radius 1 is 1.12 bits per heavy atom. The van der Waals surface area contributed by atoms with E-state index in [2.05, 4.69) is 10.6 Å². The number of rotatable bonds is 4. The predicted octanol–water partition coefficient (Wildman–Crippen LogP) is -0.312. The summed E-state index contributed by atoms with van der Waals surface area (Å²) in [5.74, 6) is -0.519. The molecule has 0 radical (unpaired) electrons. The molecule has 3 aliphatic heterocycles. The third-order valence-electron chi connectivity index (χ3n) is 7.30. The van der Waals surface area contributed by atoms with Crippen LogP contribution in [-0.4, -0.2) is 60.7 Å². The molecule has 4 N–H and O–H groups in total. The number of carbonyl (C=O) groups is 3. The topological polar surface area (TPSA) is 139 Å². The lowest BCUT2D eigenvalue weighted by Gasteiger charge is -2.45. The summed E-state index contributed by atoms with van der Waals surface area (Å²) in [7, 11) is -3.02. The van der Waals surface area contributed by atoms with Crippen LogP contribution in [0.2, 0.25) is 0 Å². The van der Waals surface area contributed by atoms with E-state index in [1.165, 1.54) is 0 Å². The highest BCUT2D eigenvalue weighted by Crippen LogP contribution is 2.36. The molecule has 4 aliphatic rings. The minimum Gasteiger partial charge on any atom is -0.328 e. The number of nitrogens with zero attached hydrogens (tertiary/aromatic N) is 1. The number of imide groups is 1. The van der Waals surface area contributed by atoms with Crippen LogP contribution in [0.25, 0.3) is 0 Å². The van der Waals surface area contributed by atoms with Crippen molar-refractivity contribution in [1.82, 2.24) is 15.5 Å². The monoisotopic (exact) mass is 460 g/mol. The van der Waals surface area contributed by atoms with Crippen molar-refractivity contribution in [2.45, 2.75) is 56.9 Å². The van der Waals surface area contributed by atoms with Gasteiger partial charge in [0.15, 0.2) is 9.84 Å². The van der Waals surface area contributed by atoms with E-state index in [-0.39, 0.29) is 53.7 Å². The van der Waals surface area contributed by atoms with Crippen molar-refractivity contribution in [3.8, 4) is 0 Å². The number of benzene rings is 1. The number of fused-ring (bicyclic) bond motifs is 3. The minimum atomic E-state index is -3.02. The van der Waals surface area contributed by atoms with Gasteiger partial charge in [-0.1, -0.05) is 12.1 Å². The van der Waals surface area contributed by atoms with E-state index >= 15 is 0 Å². The highest BCUT2D eigenvalue weighted by atomic mass is 32.2. The lowest BCUT2D eigenvalue weighted by Crippen LogP contribution is -2.57. The van der Waals surface area contributed by atoms with E-state index in [0.29, 0.717) is 37.9 Å². The molecule has 10 heteroatoms. The van der Waals surface area contributed by atoms with E-state index in [1.807, 2.05) is 18.2 Å². The number of sulfone groups is 1. The van der Waals surface area contributed by atoms with Gasteiger partial charge in [0.2, 0.25) is 11.8 Å². The van der Waals surface area contributed by atoms with Gasteiger partial charge in [-0.2, -0.15) is 0 Å². The minimum absolute atomic E-state index is 0.0153. The summed E-state index contributed by atoms with van der Waals surface area (Å²) in [6, 6.07) is 5.27. The summed E-state index contributed by atoms with van der Waals surface area (Å²) in [6.45, 7) is 0.891. The average molecular weight is 461 g/mol. The van der Waals surface area contributed by atoms with Crippen LogP contribution in [0.4, 0.5) is 0 Å². The lowest BCUT2D eigenvalue weighted by molar-refractivity contribution is -0.136. The van der Waals surface area contributed by atoms with Crippen LogP contribution in [0, 0.1) is 11.8 Å². The van der Waals surface area contributed by atoms with Crippen LogP contribution in [0.3, 0.4) is 0 Å². The van der Waals surface area contributed by atoms with Gasteiger partial charge in [-0.3, -0.25) is 19.7 Å². The first-order valence-electron chi connectivity index (χ1n) is 11.2. The third kappa shape index (κ3) is 3.95. The smallest absolute Gasteiger partial charge is 0.255 e. The zero-order chi connectivity index (χ0) is 22.6. The van der Waals surface area contributed by atoms with Crippen molar-refractivity contribution < 1.29 is 22.8 Å². The maximum Gasteiger partial charge on any atom is 0.255 e. The maximum absolute atomic E-state index is 13.0. The summed E-state index contributed by atoms with van der Waals surface area (Å²) in [5.41, 5.74) is 8.54. The second kappa shape index (κ2) is 7.93. The fourth-order valence-electron chi connectivity index (χ4n) is 5.90. The summed E-state index contributed by atoms with van der Waals surface area (Å²) < 4.78 is 24.4. The fraction of sp³-hybridized carbons (Fsp3) is 0.591. The number of nitrogens with two attached hydrogens (primary N) is 1. The fourth-order valence-corrected chi connectivity index (χ4v) is 8.02. The van der Waals surface area contributed by atoms with E-state index < -0.39 is 21.8 Å². The first-order chi connectivity index (χ1) is 15.2. The van der Waals surface area contributed by atoms with Gasteiger partial charge in [-0.15, -0.1) is 0 Å². The molecule has 9 nitrogen and oxygen atoms in total. The van der Waals surface area contributed by atoms with Crippen molar-refractivity contribution in [3.63, 3.8) is 0 Å². The Hall–Kier alpha value is -2.30. The van der Waals surface area contributed by atoms with E-state index in [9.17, 15) is 22.8 Å². The van der Waals surface area contributed by atoms with E-state index in [0.717, 1.165) is 11.1 Å². The zero-order valence-corrected chi connectivity index (χ0v) is 18.6. The van der Waals surface area contributed by atoms with Crippen molar-refractivity contribution in [1.29, 1.82) is 0 Å². The SMILES string of the molecule is NC1CC2CS(=O)(=O)CC(C1)C2NCc1ccc2c(c1)C(=O)N(C1CCC(=O)NC1=O)C2. The number of nitrogens with one attached hydrogen (secondary N) is 2. The van der Waals surface area contributed by atoms with Crippen LogP contribution in [0.5, 0.6) is 0 Å². The third-order valence-corrected chi connectivity index (χ3v) is 9.17. The molecular weight excluding hydrogens is 432 g/mol. The summed E-state index contributed by atoms with van der Waals surface area (Å²) in [5, 5.41) is 5.86. The Kier molecular flexibility index (Phi) is 5.34. The zero-order valence-electron chi connectivity index (χ0n) is 17.7. The van der Waals surface area contributed by atoms with Crippen molar-refractivity contribution in [2.75, 3.05) is 11.5 Å². The first-order valence-corrected chi connectivity index (χ1v) is 13.0. The van der Waals surface area contributed by atoms with Crippen molar-refractivity contribution in [2.24, 2.45) is 17.6 Å². The molecule has 1 aromatic rings. The van der Waals surface area contributed by atoms with Gasteiger partial charge in [0.1, 0.15) is 6.04 Å². The van der Waals surface area contributed by atoms with Gasteiger partial charge in [-0.05, 0) is 48.3 Å². The van der Waals surface area contributed by atoms with E-state index in [4.69, 9.17) is 5.73 Å². The van der Waals surface area contributed by atoms with Gasteiger partial charge in [0.25, 0.3) is 5.91 Å². The second-order valence-corrected chi connectivity index (χ2v) is 11.8. The van der Waals surface area contributed by atoms with Gasteiger partial charge in [-0.25, -0.2) is 8.42 Å². The van der Waals surface area contributed by atoms with Crippen LogP contribution in [0.15, 0.2) is 18.2 Å². The Bertz CT molecular complexity index is 1070. The molecule has 3 amide bonds. The molecule has 0 spiro atoms. The van der Waals surface area contributed by atoms with Crippen LogP contribution in [-0.2, 0) is 32.5 Å². The molecule has 3 unspecified atom stereocenters. The maximum atomic E-state index is 13.0. The molecular formula is C22H28N4O5S. The summed E-state index contributed by atoms with van der Waals surface area (Å²) in [4.78, 5) is 38.2. The average Bonchev–Trinajstić information content (AvgIpc) is 3.02. The highest BCUT2D eigenvalue weighted by molar-refractivity contribution is 7.91. The Morgan fingerprint density at radius 2 is 1.84 bits per heavy atom.